The van der Waals surface area contributed by atoms with Gasteiger partial charge in [0.1, 0.15) is 5.56 Å². The SMILES string of the molecule is CC.CC(C)C.O=C(O)c1cn2c(cc1=O)-c1cc(N3CC(F)(F)C3)ccc1CC2. The van der Waals surface area contributed by atoms with Crippen LogP contribution in [-0.4, -0.2) is 34.7 Å². The molecule has 1 N–H and O–H groups in total. The molecule has 1 fully saturated rings. The van der Waals surface area contributed by atoms with Crippen LogP contribution in [0.5, 0.6) is 0 Å². The second kappa shape index (κ2) is 9.41. The molecule has 0 unspecified atom stereocenters. The zero-order chi connectivity index (χ0) is 22.6. The van der Waals surface area contributed by atoms with E-state index in [2.05, 4.69) is 20.8 Å². The second-order valence-electron chi connectivity index (χ2n) is 7.97. The minimum atomic E-state index is -2.65. The van der Waals surface area contributed by atoms with E-state index in [-0.39, 0.29) is 18.7 Å². The number of benzene rings is 1. The summed E-state index contributed by atoms with van der Waals surface area (Å²) >= 11 is 0. The summed E-state index contributed by atoms with van der Waals surface area (Å²) in [5.41, 5.74) is 2.31. The molecular formula is C23H30F2N2O3. The van der Waals surface area contributed by atoms with Crippen molar-refractivity contribution in [2.75, 3.05) is 18.0 Å². The number of rotatable bonds is 2. The highest BCUT2D eigenvalue weighted by Gasteiger charge is 2.44. The number of anilines is 1. The fourth-order valence-electron chi connectivity index (χ4n) is 3.31. The van der Waals surface area contributed by atoms with E-state index in [1.54, 1.807) is 15.5 Å². The molecule has 1 aromatic carbocycles. The molecule has 1 aromatic heterocycles. The van der Waals surface area contributed by atoms with Gasteiger partial charge in [0, 0.05) is 30.1 Å². The van der Waals surface area contributed by atoms with Gasteiger partial charge in [-0.25, -0.2) is 13.6 Å². The van der Waals surface area contributed by atoms with E-state index in [0.717, 1.165) is 17.0 Å². The minimum absolute atomic E-state index is 0.263. The van der Waals surface area contributed by atoms with Gasteiger partial charge in [0.25, 0.3) is 5.92 Å². The largest absolute Gasteiger partial charge is 0.477 e. The van der Waals surface area contributed by atoms with Gasteiger partial charge in [-0.15, -0.1) is 0 Å². The van der Waals surface area contributed by atoms with Crippen LogP contribution >= 0.6 is 0 Å². The lowest BCUT2D eigenvalue weighted by Crippen LogP contribution is -2.56. The summed E-state index contributed by atoms with van der Waals surface area (Å²) in [6.45, 7) is 10.5. The van der Waals surface area contributed by atoms with Crippen LogP contribution in [0.4, 0.5) is 14.5 Å². The lowest BCUT2D eigenvalue weighted by molar-refractivity contribution is -0.0262. The van der Waals surface area contributed by atoms with Gasteiger partial charge in [-0.2, -0.15) is 0 Å². The van der Waals surface area contributed by atoms with Crippen LogP contribution < -0.4 is 10.3 Å². The molecule has 0 bridgehead atoms. The number of hydrogen-bond acceptors (Lipinski definition) is 3. The number of aromatic carboxylic acids is 1. The van der Waals surface area contributed by atoms with Crippen LogP contribution in [-0.2, 0) is 13.0 Å². The maximum absolute atomic E-state index is 13.1. The lowest BCUT2D eigenvalue weighted by atomic mass is 9.95. The Bertz CT molecular complexity index is 957. The fourth-order valence-corrected chi connectivity index (χ4v) is 3.31. The summed E-state index contributed by atoms with van der Waals surface area (Å²) in [6.07, 6.45) is 2.05. The number of nitrogens with zero attached hydrogens (tertiary/aromatic N) is 2. The minimum Gasteiger partial charge on any atom is -0.477 e. The van der Waals surface area contributed by atoms with Gasteiger partial charge < -0.3 is 14.6 Å². The molecule has 0 saturated carbocycles. The molecule has 30 heavy (non-hydrogen) atoms. The molecule has 164 valence electrons. The number of fused-ring (bicyclic) bond motifs is 3. The number of carboxylic acids is 1. The zero-order valence-corrected chi connectivity index (χ0v) is 18.2. The summed E-state index contributed by atoms with van der Waals surface area (Å²) < 4.78 is 27.9. The first-order chi connectivity index (χ1) is 14.1. The molecule has 2 aliphatic rings. The summed E-state index contributed by atoms with van der Waals surface area (Å²) in [5, 5.41) is 9.08. The lowest BCUT2D eigenvalue weighted by Gasteiger charge is -2.41. The van der Waals surface area contributed by atoms with Crippen LogP contribution in [0.25, 0.3) is 11.3 Å². The van der Waals surface area contributed by atoms with E-state index in [0.29, 0.717) is 24.3 Å². The van der Waals surface area contributed by atoms with Crippen molar-refractivity contribution in [1.82, 2.24) is 4.57 Å². The molecule has 1 saturated heterocycles. The van der Waals surface area contributed by atoms with Crippen molar-refractivity contribution in [2.45, 2.75) is 53.5 Å². The maximum atomic E-state index is 13.1. The average molecular weight is 421 g/mol. The molecule has 3 heterocycles. The van der Waals surface area contributed by atoms with E-state index in [4.69, 9.17) is 5.11 Å². The Balaban J connectivity index is 0.000000481. The van der Waals surface area contributed by atoms with Crippen molar-refractivity contribution >= 4 is 11.7 Å². The number of alkyl halides is 2. The van der Waals surface area contributed by atoms with E-state index in [1.807, 2.05) is 26.0 Å². The van der Waals surface area contributed by atoms with Crippen molar-refractivity contribution in [3.05, 3.63) is 51.8 Å². The Kier molecular flexibility index (Phi) is 7.39. The van der Waals surface area contributed by atoms with E-state index < -0.39 is 17.3 Å². The zero-order valence-electron chi connectivity index (χ0n) is 18.2. The summed E-state index contributed by atoms with van der Waals surface area (Å²) in [5.74, 6) is -3.07. The first-order valence-electron chi connectivity index (χ1n) is 10.3. The van der Waals surface area contributed by atoms with Gasteiger partial charge in [-0.05, 0) is 30.0 Å². The highest BCUT2D eigenvalue weighted by Crippen LogP contribution is 2.36. The highest BCUT2D eigenvalue weighted by molar-refractivity contribution is 5.87. The van der Waals surface area contributed by atoms with Crippen molar-refractivity contribution in [3.8, 4) is 11.3 Å². The fraction of sp³-hybridized carbons (Fsp3) is 0.478. The normalized spacial score (nSPS) is 15.5. The number of carbonyl (C=O) groups is 1. The number of pyridine rings is 1. The average Bonchev–Trinajstić information content (AvgIpc) is 2.66. The first kappa shape index (κ1) is 23.6. The molecule has 0 spiro atoms. The molecule has 5 nitrogen and oxygen atoms in total. The van der Waals surface area contributed by atoms with Crippen LogP contribution in [0.2, 0.25) is 0 Å². The van der Waals surface area contributed by atoms with Crippen molar-refractivity contribution < 1.29 is 18.7 Å². The monoisotopic (exact) mass is 420 g/mol. The van der Waals surface area contributed by atoms with Gasteiger partial charge >= 0.3 is 5.97 Å². The predicted octanol–water partition coefficient (Wildman–Crippen LogP) is 4.91. The van der Waals surface area contributed by atoms with Gasteiger partial charge in [0.05, 0.1) is 18.8 Å². The molecule has 0 amide bonds. The Morgan fingerprint density at radius 2 is 1.73 bits per heavy atom. The molecule has 2 aliphatic heterocycles. The van der Waals surface area contributed by atoms with Crippen molar-refractivity contribution in [1.29, 1.82) is 0 Å². The van der Waals surface area contributed by atoms with Gasteiger partial charge in [-0.3, -0.25) is 4.79 Å². The van der Waals surface area contributed by atoms with Crippen molar-refractivity contribution in [3.63, 3.8) is 0 Å². The number of aromatic nitrogens is 1. The van der Waals surface area contributed by atoms with Crippen LogP contribution in [0.15, 0.2) is 35.3 Å². The molecule has 7 heteroatoms. The van der Waals surface area contributed by atoms with E-state index in [1.165, 1.54) is 12.3 Å². The molecule has 0 atom stereocenters. The molecule has 0 aliphatic carbocycles. The third kappa shape index (κ3) is 5.26. The third-order valence-electron chi connectivity index (χ3n) is 4.56. The summed E-state index contributed by atoms with van der Waals surface area (Å²) in [6, 6.07) is 6.82. The first-order valence-corrected chi connectivity index (χ1v) is 10.3. The third-order valence-corrected chi connectivity index (χ3v) is 4.56. The number of aryl methyl sites for hydroxylation is 2. The maximum Gasteiger partial charge on any atom is 0.341 e. The van der Waals surface area contributed by atoms with Crippen LogP contribution in [0.3, 0.4) is 0 Å². The Labute approximate surface area is 176 Å². The number of halogens is 2. The van der Waals surface area contributed by atoms with Crippen LogP contribution in [0, 0.1) is 5.92 Å². The molecule has 0 radical (unpaired) electrons. The van der Waals surface area contributed by atoms with E-state index in [9.17, 15) is 18.4 Å². The number of hydrogen-bond donors (Lipinski definition) is 1. The van der Waals surface area contributed by atoms with Gasteiger partial charge in [0.2, 0.25) is 0 Å². The molecule has 4 rings (SSSR count). The van der Waals surface area contributed by atoms with Gasteiger partial charge in [0.15, 0.2) is 5.43 Å². The summed E-state index contributed by atoms with van der Waals surface area (Å²) in [4.78, 5) is 24.7. The Morgan fingerprint density at radius 1 is 1.13 bits per heavy atom. The Morgan fingerprint density at radius 3 is 2.27 bits per heavy atom. The summed E-state index contributed by atoms with van der Waals surface area (Å²) in [7, 11) is 0. The smallest absolute Gasteiger partial charge is 0.341 e. The topological polar surface area (TPSA) is 62.5 Å². The van der Waals surface area contributed by atoms with Gasteiger partial charge in [-0.1, -0.05) is 40.7 Å². The second-order valence-corrected chi connectivity index (χ2v) is 7.97. The van der Waals surface area contributed by atoms with Crippen molar-refractivity contribution in [2.24, 2.45) is 5.92 Å². The predicted molar refractivity (Wildman–Crippen MR) is 116 cm³/mol. The quantitative estimate of drug-likeness (QED) is 0.750. The van der Waals surface area contributed by atoms with E-state index >= 15 is 0 Å². The molecule has 2 aromatic rings. The standard InChI is InChI=1S/C17H14F2N2O3.C4H10.C2H6/c18-17(19)8-21(9-17)11-2-1-10-3-4-20-7-13(16(23)24)15(22)6-14(20)12(10)5-11;1-4(2)3;1-2/h1-2,5-7H,3-4,8-9H2,(H,23,24);4H,1-3H3;1-2H3. The number of carboxylic acid groups (broad SMARTS) is 1. The Hall–Kier alpha value is -2.70. The van der Waals surface area contributed by atoms with Crippen LogP contribution in [0.1, 0.15) is 50.5 Å². The molecular weight excluding hydrogens is 390 g/mol. The highest BCUT2D eigenvalue weighted by atomic mass is 19.3.